The molecule has 0 spiro atoms. The van der Waals surface area contributed by atoms with Crippen LogP contribution in [0.2, 0.25) is 0 Å². The van der Waals surface area contributed by atoms with Crippen LogP contribution in [0.15, 0.2) is 90.2 Å². The van der Waals surface area contributed by atoms with Gasteiger partial charge in [0.15, 0.2) is 11.5 Å². The SMILES string of the molecule is COC(=O)c1ccc(N2C(=O)C(O)=C(C(=O)CCc3ccccc3)C2c2cccc(OC)c2)cc1. The van der Waals surface area contributed by atoms with Crippen LogP contribution in [0.1, 0.15) is 33.9 Å². The summed E-state index contributed by atoms with van der Waals surface area (Å²) in [5.74, 6) is -1.54. The van der Waals surface area contributed by atoms with Crippen LogP contribution in [-0.2, 0) is 20.7 Å². The number of carbonyl (C=O) groups is 3. The molecular weight excluding hydrogens is 446 g/mol. The molecule has 1 aliphatic heterocycles. The molecule has 7 nitrogen and oxygen atoms in total. The van der Waals surface area contributed by atoms with Gasteiger partial charge in [-0.05, 0) is 53.9 Å². The van der Waals surface area contributed by atoms with Crippen LogP contribution in [-0.4, -0.2) is 37.0 Å². The van der Waals surface area contributed by atoms with Crippen LogP contribution >= 0.6 is 0 Å². The quantitative estimate of drug-likeness (QED) is 0.483. The van der Waals surface area contributed by atoms with Crippen molar-refractivity contribution in [2.45, 2.75) is 18.9 Å². The van der Waals surface area contributed by atoms with Gasteiger partial charge in [0.2, 0.25) is 0 Å². The lowest BCUT2D eigenvalue weighted by Gasteiger charge is -2.27. The summed E-state index contributed by atoms with van der Waals surface area (Å²) in [7, 11) is 2.82. The highest BCUT2D eigenvalue weighted by Gasteiger charge is 2.44. The van der Waals surface area contributed by atoms with E-state index >= 15 is 0 Å². The summed E-state index contributed by atoms with van der Waals surface area (Å²) in [6, 6.07) is 22.0. The first-order valence-corrected chi connectivity index (χ1v) is 11.1. The third kappa shape index (κ3) is 4.80. The van der Waals surface area contributed by atoms with Crippen molar-refractivity contribution in [2.24, 2.45) is 0 Å². The fraction of sp³-hybridized carbons (Fsp3) is 0.179. The van der Waals surface area contributed by atoms with Crippen molar-refractivity contribution in [3.8, 4) is 5.75 Å². The molecule has 4 rings (SSSR count). The minimum Gasteiger partial charge on any atom is -0.503 e. The first-order valence-electron chi connectivity index (χ1n) is 11.1. The molecule has 35 heavy (non-hydrogen) atoms. The van der Waals surface area contributed by atoms with Crippen LogP contribution in [0.25, 0.3) is 0 Å². The molecule has 0 saturated carbocycles. The zero-order chi connectivity index (χ0) is 24.9. The Bertz CT molecular complexity index is 1280. The Morgan fingerprint density at radius 2 is 1.66 bits per heavy atom. The number of hydrogen-bond donors (Lipinski definition) is 1. The second-order valence-corrected chi connectivity index (χ2v) is 8.06. The normalized spacial score (nSPS) is 15.3. The summed E-state index contributed by atoms with van der Waals surface area (Å²) >= 11 is 0. The van der Waals surface area contributed by atoms with Crippen LogP contribution in [0.3, 0.4) is 0 Å². The van der Waals surface area contributed by atoms with Gasteiger partial charge in [0.1, 0.15) is 5.75 Å². The van der Waals surface area contributed by atoms with Gasteiger partial charge in [-0.3, -0.25) is 14.5 Å². The van der Waals surface area contributed by atoms with Crippen molar-refractivity contribution in [1.29, 1.82) is 0 Å². The van der Waals surface area contributed by atoms with Gasteiger partial charge in [-0.15, -0.1) is 0 Å². The highest BCUT2D eigenvalue weighted by Crippen LogP contribution is 2.42. The van der Waals surface area contributed by atoms with Gasteiger partial charge in [-0.25, -0.2) is 4.79 Å². The Hall–Kier alpha value is -4.39. The van der Waals surface area contributed by atoms with E-state index in [9.17, 15) is 19.5 Å². The molecule has 7 heteroatoms. The van der Waals surface area contributed by atoms with Gasteiger partial charge in [0, 0.05) is 12.1 Å². The minimum atomic E-state index is -0.857. The van der Waals surface area contributed by atoms with E-state index < -0.39 is 23.7 Å². The second-order valence-electron chi connectivity index (χ2n) is 8.06. The number of carbonyl (C=O) groups excluding carboxylic acids is 3. The van der Waals surface area contributed by atoms with Gasteiger partial charge < -0.3 is 14.6 Å². The van der Waals surface area contributed by atoms with Crippen LogP contribution in [0.5, 0.6) is 5.75 Å². The minimum absolute atomic E-state index is 0.0382. The predicted octanol–water partition coefficient (Wildman–Crippen LogP) is 4.58. The van der Waals surface area contributed by atoms with E-state index in [1.165, 1.54) is 31.3 Å². The molecule has 0 aliphatic carbocycles. The highest BCUT2D eigenvalue weighted by molar-refractivity contribution is 6.16. The molecule has 1 unspecified atom stereocenters. The van der Waals surface area contributed by atoms with Crippen molar-refractivity contribution in [2.75, 3.05) is 19.1 Å². The Labute approximate surface area is 203 Å². The lowest BCUT2D eigenvalue weighted by atomic mass is 9.93. The highest BCUT2D eigenvalue weighted by atomic mass is 16.5. The average Bonchev–Trinajstić information content (AvgIpc) is 3.17. The maximum absolute atomic E-state index is 13.4. The number of ether oxygens (including phenoxy) is 2. The number of ketones is 1. The lowest BCUT2D eigenvalue weighted by Crippen LogP contribution is -2.31. The molecule has 178 valence electrons. The van der Waals surface area contributed by atoms with E-state index in [1.54, 1.807) is 36.4 Å². The second kappa shape index (κ2) is 10.3. The molecule has 1 heterocycles. The smallest absolute Gasteiger partial charge is 0.337 e. The number of aryl methyl sites for hydroxylation is 1. The zero-order valence-corrected chi connectivity index (χ0v) is 19.4. The van der Waals surface area contributed by atoms with Crippen molar-refractivity contribution < 1.29 is 29.0 Å². The molecule has 0 bridgehead atoms. The average molecular weight is 472 g/mol. The molecular formula is C28H25NO6. The van der Waals surface area contributed by atoms with E-state index in [0.717, 1.165) is 5.56 Å². The van der Waals surface area contributed by atoms with Gasteiger partial charge in [0.05, 0.1) is 31.4 Å². The maximum atomic E-state index is 13.4. The molecule has 1 amide bonds. The molecule has 0 saturated heterocycles. The number of nitrogens with zero attached hydrogens (tertiary/aromatic N) is 1. The lowest BCUT2D eigenvalue weighted by molar-refractivity contribution is -0.118. The zero-order valence-electron chi connectivity index (χ0n) is 19.4. The monoisotopic (exact) mass is 471 g/mol. The predicted molar refractivity (Wildman–Crippen MR) is 130 cm³/mol. The maximum Gasteiger partial charge on any atom is 0.337 e. The summed E-state index contributed by atoms with van der Waals surface area (Å²) in [6.45, 7) is 0. The molecule has 0 aromatic heterocycles. The number of aliphatic hydroxyl groups is 1. The van der Waals surface area contributed by atoms with E-state index in [-0.39, 0.29) is 17.8 Å². The fourth-order valence-electron chi connectivity index (χ4n) is 4.20. The number of aliphatic hydroxyl groups excluding tert-OH is 1. The van der Waals surface area contributed by atoms with Gasteiger partial charge in [-0.1, -0.05) is 42.5 Å². The van der Waals surface area contributed by atoms with Crippen LogP contribution < -0.4 is 9.64 Å². The standard InChI is InChI=1S/C28H25NO6/c1-34-22-10-6-9-20(17-22)25-24(23(30)16-11-18-7-4-3-5-8-18)26(31)27(32)29(25)21-14-12-19(13-15-21)28(33)35-2/h3-10,12-15,17,25,31H,11,16H2,1-2H3. The fourth-order valence-corrected chi connectivity index (χ4v) is 4.20. The summed E-state index contributed by atoms with van der Waals surface area (Å²) in [5.41, 5.74) is 2.38. The third-order valence-electron chi connectivity index (χ3n) is 5.97. The van der Waals surface area contributed by atoms with Crippen LogP contribution in [0.4, 0.5) is 5.69 Å². The number of amides is 1. The molecule has 1 atom stereocenters. The van der Waals surface area contributed by atoms with Gasteiger partial charge in [0.25, 0.3) is 5.91 Å². The van der Waals surface area contributed by atoms with E-state index in [1.807, 2.05) is 30.3 Å². The summed E-state index contributed by atoms with van der Waals surface area (Å²) in [6.07, 6.45) is 0.607. The molecule has 3 aromatic carbocycles. The number of benzene rings is 3. The third-order valence-corrected chi connectivity index (χ3v) is 5.97. The first kappa shape index (κ1) is 23.8. The number of hydrogen-bond acceptors (Lipinski definition) is 6. The van der Waals surface area contributed by atoms with E-state index in [2.05, 4.69) is 0 Å². The summed E-state index contributed by atoms with van der Waals surface area (Å²) < 4.78 is 10.1. The van der Waals surface area contributed by atoms with Crippen LogP contribution in [0, 0.1) is 0 Å². The Balaban J connectivity index is 1.73. The Kier molecular flexibility index (Phi) is 6.96. The number of anilines is 1. The summed E-state index contributed by atoms with van der Waals surface area (Å²) in [4.78, 5) is 39.8. The molecule has 1 N–H and O–H groups in total. The first-order chi connectivity index (χ1) is 16.9. The van der Waals surface area contributed by atoms with Crippen molar-refractivity contribution in [1.82, 2.24) is 0 Å². The van der Waals surface area contributed by atoms with Gasteiger partial charge in [-0.2, -0.15) is 0 Å². The van der Waals surface area contributed by atoms with Crippen molar-refractivity contribution in [3.63, 3.8) is 0 Å². The molecule has 0 fully saturated rings. The van der Waals surface area contributed by atoms with Gasteiger partial charge >= 0.3 is 5.97 Å². The summed E-state index contributed by atoms with van der Waals surface area (Å²) in [5, 5.41) is 10.9. The molecule has 0 radical (unpaired) electrons. The van der Waals surface area contributed by atoms with Crippen molar-refractivity contribution in [3.05, 3.63) is 107 Å². The number of methoxy groups -OCH3 is 2. The van der Waals surface area contributed by atoms with E-state index in [0.29, 0.717) is 29.0 Å². The van der Waals surface area contributed by atoms with Crippen molar-refractivity contribution >= 4 is 23.3 Å². The Morgan fingerprint density at radius 1 is 0.943 bits per heavy atom. The largest absolute Gasteiger partial charge is 0.503 e. The number of Topliss-reactive ketones (excluding diaryl/α,β-unsaturated/α-hetero) is 1. The number of esters is 1. The Morgan fingerprint density at radius 3 is 2.31 bits per heavy atom. The molecule has 3 aromatic rings. The number of rotatable bonds is 8. The molecule has 1 aliphatic rings. The topological polar surface area (TPSA) is 93.1 Å². The van der Waals surface area contributed by atoms with E-state index in [4.69, 9.17) is 9.47 Å².